The van der Waals surface area contributed by atoms with Crippen molar-refractivity contribution in [2.24, 2.45) is 0 Å². The first-order chi connectivity index (χ1) is 13.6. The molecule has 1 fully saturated rings. The molecule has 0 atom stereocenters. The third-order valence-electron chi connectivity index (χ3n) is 5.50. The van der Waals surface area contributed by atoms with E-state index >= 15 is 0 Å². The smallest absolute Gasteiger partial charge is 0.259 e. The molecule has 142 valence electrons. The van der Waals surface area contributed by atoms with Crippen LogP contribution >= 0.6 is 11.6 Å². The van der Waals surface area contributed by atoms with E-state index in [1.807, 2.05) is 42.5 Å². The fourth-order valence-electron chi connectivity index (χ4n) is 4.17. The minimum Gasteiger partial charge on any atom is -0.321 e. The van der Waals surface area contributed by atoms with E-state index in [2.05, 4.69) is 4.98 Å². The molecule has 4 rings (SSSR count). The second-order valence-corrected chi connectivity index (χ2v) is 7.81. The molecule has 4 heteroatoms. The number of hydrogen-bond acceptors (Lipinski definition) is 2. The molecule has 0 radical (unpaired) electrons. The number of hydrogen-bond donors (Lipinski definition) is 1. The predicted octanol–water partition coefficient (Wildman–Crippen LogP) is 6.13. The summed E-state index contributed by atoms with van der Waals surface area (Å²) in [5, 5.41) is 1.49. The number of H-pyrrole nitrogens is 1. The first-order valence-corrected chi connectivity index (χ1v) is 10.1. The number of fused-ring (bicyclic) bond motifs is 1. The molecule has 0 amide bonds. The Labute approximate surface area is 169 Å². The summed E-state index contributed by atoms with van der Waals surface area (Å²) in [5.74, 6) is -0.0476. The van der Waals surface area contributed by atoms with Gasteiger partial charge in [-0.05, 0) is 54.2 Å². The van der Waals surface area contributed by atoms with Crippen LogP contribution in [0, 0.1) is 0 Å². The van der Waals surface area contributed by atoms with Gasteiger partial charge in [0.15, 0.2) is 5.78 Å². The second-order valence-electron chi connectivity index (χ2n) is 7.38. The van der Waals surface area contributed by atoms with Gasteiger partial charge >= 0.3 is 0 Å². The van der Waals surface area contributed by atoms with Crippen LogP contribution < -0.4 is 5.56 Å². The van der Waals surface area contributed by atoms with Crippen molar-refractivity contribution in [3.8, 4) is 0 Å². The number of aromatic nitrogens is 1. The van der Waals surface area contributed by atoms with Crippen LogP contribution in [0.25, 0.3) is 17.0 Å². The molecule has 1 aromatic heterocycles. The number of benzene rings is 2. The lowest BCUT2D eigenvalue weighted by Crippen LogP contribution is -2.22. The average Bonchev–Trinajstić information content (AvgIpc) is 2.73. The number of nitrogens with one attached hydrogen (secondary N) is 1. The summed E-state index contributed by atoms with van der Waals surface area (Å²) in [7, 11) is 0. The Morgan fingerprint density at radius 1 is 1.04 bits per heavy atom. The number of carbonyl (C=O) groups is 1. The Kier molecular flexibility index (Phi) is 5.45. The van der Waals surface area contributed by atoms with E-state index in [4.69, 9.17) is 11.6 Å². The summed E-state index contributed by atoms with van der Waals surface area (Å²) in [5.41, 5.74) is 2.46. The molecular weight excluding hydrogens is 370 g/mol. The van der Waals surface area contributed by atoms with Crippen LogP contribution in [0.15, 0.2) is 59.4 Å². The van der Waals surface area contributed by atoms with Gasteiger partial charge in [0, 0.05) is 15.9 Å². The molecule has 0 bridgehead atoms. The largest absolute Gasteiger partial charge is 0.321 e. The highest BCUT2D eigenvalue weighted by molar-refractivity contribution is 6.31. The van der Waals surface area contributed by atoms with E-state index < -0.39 is 0 Å². The number of rotatable bonds is 4. The minimum absolute atomic E-state index is 0.209. The molecule has 3 nitrogen and oxygen atoms in total. The number of aromatic amines is 1. The van der Waals surface area contributed by atoms with Crippen molar-refractivity contribution in [3.63, 3.8) is 0 Å². The Bertz CT molecular complexity index is 1090. The summed E-state index contributed by atoms with van der Waals surface area (Å²) in [6, 6.07) is 15.1. The van der Waals surface area contributed by atoms with Crippen molar-refractivity contribution in [1.82, 2.24) is 4.98 Å². The molecule has 0 unspecified atom stereocenters. The van der Waals surface area contributed by atoms with Gasteiger partial charge in [-0.2, -0.15) is 0 Å². The van der Waals surface area contributed by atoms with Gasteiger partial charge in [0.25, 0.3) is 5.56 Å². The molecule has 1 aliphatic rings. The summed E-state index contributed by atoms with van der Waals surface area (Å²) in [6.45, 7) is 0. The SMILES string of the molecule is O=C(/C=C/c1ccccc1)c1c(C2CCCCC2)c2cc(Cl)ccc2[nH]c1=O. The minimum atomic E-state index is -0.321. The third kappa shape index (κ3) is 3.81. The quantitative estimate of drug-likeness (QED) is 0.430. The Morgan fingerprint density at radius 3 is 2.54 bits per heavy atom. The van der Waals surface area contributed by atoms with Gasteiger partial charge in [0.2, 0.25) is 0 Å². The van der Waals surface area contributed by atoms with E-state index in [0.717, 1.165) is 47.7 Å². The van der Waals surface area contributed by atoms with Crippen molar-refractivity contribution in [1.29, 1.82) is 0 Å². The van der Waals surface area contributed by atoms with Gasteiger partial charge in [-0.1, -0.05) is 67.3 Å². The molecule has 0 aliphatic heterocycles. The van der Waals surface area contributed by atoms with Crippen LogP contribution in [0.4, 0.5) is 0 Å². The lowest BCUT2D eigenvalue weighted by molar-refractivity contribution is 0.104. The van der Waals surface area contributed by atoms with E-state index in [1.165, 1.54) is 12.5 Å². The first kappa shape index (κ1) is 18.7. The zero-order chi connectivity index (χ0) is 19.5. The molecule has 28 heavy (non-hydrogen) atoms. The first-order valence-electron chi connectivity index (χ1n) is 9.76. The van der Waals surface area contributed by atoms with E-state index in [9.17, 15) is 9.59 Å². The van der Waals surface area contributed by atoms with Crippen LogP contribution in [0.1, 0.15) is 59.5 Å². The summed E-state index contributed by atoms with van der Waals surface area (Å²) in [6.07, 6.45) is 8.69. The van der Waals surface area contributed by atoms with Crippen LogP contribution in [0.2, 0.25) is 5.02 Å². The van der Waals surface area contributed by atoms with E-state index in [1.54, 1.807) is 12.1 Å². The summed E-state index contributed by atoms with van der Waals surface area (Å²) in [4.78, 5) is 28.9. The molecular formula is C24H22ClNO2. The highest BCUT2D eigenvalue weighted by atomic mass is 35.5. The van der Waals surface area contributed by atoms with Gasteiger partial charge < -0.3 is 4.98 Å². The van der Waals surface area contributed by atoms with Crippen LogP contribution in [0.3, 0.4) is 0 Å². The Hall–Kier alpha value is -2.65. The number of allylic oxidation sites excluding steroid dienone is 1. The van der Waals surface area contributed by atoms with E-state index in [0.29, 0.717) is 5.02 Å². The highest BCUT2D eigenvalue weighted by Gasteiger charge is 2.26. The van der Waals surface area contributed by atoms with Gasteiger partial charge in [0.1, 0.15) is 0 Å². The molecule has 3 aromatic rings. The maximum absolute atomic E-state index is 13.1. The fourth-order valence-corrected chi connectivity index (χ4v) is 4.34. The molecule has 1 heterocycles. The third-order valence-corrected chi connectivity index (χ3v) is 5.74. The normalized spacial score (nSPS) is 15.3. The standard InChI is InChI=1S/C24H22ClNO2/c25-18-12-13-20-19(15-18)22(17-9-5-2-6-10-17)23(24(28)26-20)21(27)14-11-16-7-3-1-4-8-16/h1,3-4,7-8,11-15,17H,2,5-6,9-10H2,(H,26,28)/b14-11+. The van der Waals surface area contributed by atoms with Crippen molar-refractivity contribution in [3.05, 3.63) is 86.7 Å². The van der Waals surface area contributed by atoms with Crippen molar-refractivity contribution < 1.29 is 4.79 Å². The molecule has 1 saturated carbocycles. The van der Waals surface area contributed by atoms with Crippen LogP contribution in [-0.2, 0) is 0 Å². The van der Waals surface area contributed by atoms with E-state index in [-0.39, 0.29) is 22.8 Å². The Balaban J connectivity index is 1.86. The van der Waals surface area contributed by atoms with Gasteiger partial charge in [-0.25, -0.2) is 0 Å². The topological polar surface area (TPSA) is 49.9 Å². The summed E-state index contributed by atoms with van der Waals surface area (Å²) >= 11 is 6.25. The van der Waals surface area contributed by atoms with Crippen LogP contribution in [-0.4, -0.2) is 10.8 Å². The molecule has 1 N–H and O–H groups in total. The summed E-state index contributed by atoms with van der Waals surface area (Å²) < 4.78 is 0. The van der Waals surface area contributed by atoms with Crippen molar-refractivity contribution in [2.45, 2.75) is 38.0 Å². The van der Waals surface area contributed by atoms with Crippen LogP contribution in [0.5, 0.6) is 0 Å². The van der Waals surface area contributed by atoms with Crippen molar-refractivity contribution in [2.75, 3.05) is 0 Å². The molecule has 0 spiro atoms. The Morgan fingerprint density at radius 2 is 1.79 bits per heavy atom. The molecule has 2 aromatic carbocycles. The van der Waals surface area contributed by atoms with Gasteiger partial charge in [-0.15, -0.1) is 0 Å². The van der Waals surface area contributed by atoms with Gasteiger partial charge in [-0.3, -0.25) is 9.59 Å². The average molecular weight is 392 g/mol. The zero-order valence-electron chi connectivity index (χ0n) is 15.6. The molecule has 1 aliphatic carbocycles. The lowest BCUT2D eigenvalue weighted by Gasteiger charge is -2.25. The second kappa shape index (κ2) is 8.15. The monoisotopic (exact) mass is 391 g/mol. The number of halogens is 1. The maximum Gasteiger partial charge on any atom is 0.259 e. The number of carbonyl (C=O) groups excluding carboxylic acids is 1. The zero-order valence-corrected chi connectivity index (χ0v) is 16.3. The number of pyridine rings is 1. The predicted molar refractivity (Wildman–Crippen MR) is 115 cm³/mol. The lowest BCUT2D eigenvalue weighted by atomic mass is 9.80. The number of ketones is 1. The van der Waals surface area contributed by atoms with Gasteiger partial charge in [0.05, 0.1) is 5.56 Å². The fraction of sp³-hybridized carbons (Fsp3) is 0.250. The van der Waals surface area contributed by atoms with Crippen molar-refractivity contribution >= 4 is 34.4 Å². The highest BCUT2D eigenvalue weighted by Crippen LogP contribution is 2.38. The molecule has 0 saturated heterocycles. The maximum atomic E-state index is 13.1.